The molecule has 6 heteroatoms. The monoisotopic (exact) mass is 304 g/mol. The number of ether oxygens (including phenoxy) is 2. The lowest BCUT2D eigenvalue weighted by Crippen LogP contribution is -2.23. The van der Waals surface area contributed by atoms with Gasteiger partial charge in [-0.1, -0.05) is 11.6 Å². The van der Waals surface area contributed by atoms with E-state index in [1.54, 1.807) is 34.6 Å². The highest BCUT2D eigenvalue weighted by Gasteiger charge is 2.27. The fraction of sp³-hybridized carbons (Fsp3) is 0.538. The molecule has 0 fully saturated rings. The van der Waals surface area contributed by atoms with Crippen molar-refractivity contribution < 1.29 is 19.1 Å². The molecular formula is C13H17ClO4S. The van der Waals surface area contributed by atoms with Gasteiger partial charge in [0, 0.05) is 0 Å². The molecule has 0 spiro atoms. The Balaban J connectivity index is 3.09. The molecule has 1 aromatic rings. The van der Waals surface area contributed by atoms with Crippen LogP contribution < -0.4 is 0 Å². The van der Waals surface area contributed by atoms with E-state index in [9.17, 15) is 9.59 Å². The van der Waals surface area contributed by atoms with Gasteiger partial charge in [-0.2, -0.15) is 0 Å². The predicted octanol–water partition coefficient (Wildman–Crippen LogP) is 3.84. The van der Waals surface area contributed by atoms with Crippen molar-refractivity contribution in [2.24, 2.45) is 0 Å². The van der Waals surface area contributed by atoms with E-state index in [1.807, 2.05) is 0 Å². The zero-order valence-corrected chi connectivity index (χ0v) is 13.2. The third-order valence-electron chi connectivity index (χ3n) is 2.17. The minimum absolute atomic E-state index is 0.245. The number of rotatable bonds is 3. The Bertz CT molecular complexity index is 499. The number of halogens is 1. The largest absolute Gasteiger partial charge is 0.462 e. The Labute approximate surface area is 121 Å². The molecule has 0 saturated carbocycles. The smallest absolute Gasteiger partial charge is 0.349 e. The van der Waals surface area contributed by atoms with Gasteiger partial charge in [-0.15, -0.1) is 11.3 Å². The fourth-order valence-electron chi connectivity index (χ4n) is 1.43. The van der Waals surface area contributed by atoms with Crippen molar-refractivity contribution in [3.05, 3.63) is 20.3 Å². The lowest BCUT2D eigenvalue weighted by Gasteiger charge is -2.19. The number of esters is 2. The van der Waals surface area contributed by atoms with Crippen LogP contribution in [0.5, 0.6) is 0 Å². The molecule has 0 saturated heterocycles. The molecule has 0 amide bonds. The first-order valence-electron chi connectivity index (χ1n) is 5.86. The van der Waals surface area contributed by atoms with Crippen molar-refractivity contribution in [1.29, 1.82) is 0 Å². The molecule has 0 aliphatic heterocycles. The van der Waals surface area contributed by atoms with Crippen LogP contribution in [0.1, 0.15) is 53.3 Å². The minimum atomic E-state index is -0.593. The summed E-state index contributed by atoms with van der Waals surface area (Å²) >= 11 is 7.04. The van der Waals surface area contributed by atoms with Crippen molar-refractivity contribution in [3.63, 3.8) is 0 Å². The molecular weight excluding hydrogens is 288 g/mol. The summed E-state index contributed by atoms with van der Waals surface area (Å²) in [4.78, 5) is 24.1. The second-order valence-corrected chi connectivity index (χ2v) is 6.55. The summed E-state index contributed by atoms with van der Waals surface area (Å²) in [5.41, 5.74) is 0.154. The van der Waals surface area contributed by atoms with Gasteiger partial charge < -0.3 is 9.47 Å². The van der Waals surface area contributed by atoms with Gasteiger partial charge in [-0.25, -0.2) is 9.59 Å². The maximum Gasteiger partial charge on any atom is 0.349 e. The van der Waals surface area contributed by atoms with Gasteiger partial charge >= 0.3 is 11.9 Å². The molecule has 0 aliphatic rings. The zero-order chi connectivity index (χ0) is 14.8. The maximum atomic E-state index is 12.0. The van der Waals surface area contributed by atoms with E-state index in [4.69, 9.17) is 21.1 Å². The summed E-state index contributed by atoms with van der Waals surface area (Å²) in [6.45, 7) is 8.97. The van der Waals surface area contributed by atoms with Crippen LogP contribution in [0, 0.1) is 6.92 Å². The molecule has 0 aromatic carbocycles. The van der Waals surface area contributed by atoms with E-state index in [2.05, 4.69) is 0 Å². The van der Waals surface area contributed by atoms with E-state index in [0.29, 0.717) is 10.4 Å². The number of hydrogen-bond acceptors (Lipinski definition) is 5. The Morgan fingerprint density at radius 3 is 2.32 bits per heavy atom. The summed E-state index contributed by atoms with van der Waals surface area (Å²) in [6, 6.07) is 0. The Kier molecular flexibility index (Phi) is 4.98. The minimum Gasteiger partial charge on any atom is -0.462 e. The molecule has 1 heterocycles. The van der Waals surface area contributed by atoms with E-state index >= 15 is 0 Å². The Morgan fingerprint density at radius 1 is 1.26 bits per heavy atom. The van der Waals surface area contributed by atoms with E-state index in [-0.39, 0.29) is 16.5 Å². The Morgan fingerprint density at radius 2 is 1.84 bits per heavy atom. The first kappa shape index (κ1) is 16.0. The van der Waals surface area contributed by atoms with Crippen molar-refractivity contribution >= 4 is 34.9 Å². The van der Waals surface area contributed by atoms with Crippen LogP contribution in [0.3, 0.4) is 0 Å². The molecule has 19 heavy (non-hydrogen) atoms. The SMILES string of the molecule is CCOC(=O)c1c(Cl)sc(C(=O)OC(C)(C)C)c1C. The van der Waals surface area contributed by atoms with Crippen LogP contribution >= 0.6 is 22.9 Å². The molecule has 0 bridgehead atoms. The second-order valence-electron chi connectivity index (χ2n) is 4.93. The van der Waals surface area contributed by atoms with Gasteiger partial charge in [-0.05, 0) is 40.2 Å². The third-order valence-corrected chi connectivity index (χ3v) is 3.65. The maximum absolute atomic E-state index is 12.0. The number of hydrogen-bond donors (Lipinski definition) is 0. The topological polar surface area (TPSA) is 52.6 Å². The molecule has 0 N–H and O–H groups in total. The molecule has 106 valence electrons. The quantitative estimate of drug-likeness (QED) is 0.796. The summed E-state index contributed by atoms with van der Waals surface area (Å²) in [5, 5.41) is 0. The molecule has 0 atom stereocenters. The standard InChI is InChI=1S/C13H17ClO4S/c1-6-17-11(15)8-7(2)9(19-10(8)14)12(16)18-13(3,4)5/h6H2,1-5H3. The number of carbonyl (C=O) groups is 2. The van der Waals surface area contributed by atoms with E-state index in [0.717, 1.165) is 11.3 Å². The highest BCUT2D eigenvalue weighted by Crippen LogP contribution is 2.34. The van der Waals surface area contributed by atoms with Gasteiger partial charge in [0.15, 0.2) is 0 Å². The molecule has 4 nitrogen and oxygen atoms in total. The lowest BCUT2D eigenvalue weighted by atomic mass is 10.1. The molecule has 1 rings (SSSR count). The summed E-state index contributed by atoms with van der Waals surface area (Å²) < 4.78 is 10.4. The van der Waals surface area contributed by atoms with E-state index in [1.165, 1.54) is 0 Å². The summed E-state index contributed by atoms with van der Waals surface area (Å²) in [7, 11) is 0. The van der Waals surface area contributed by atoms with Crippen LogP contribution in [0.25, 0.3) is 0 Å². The molecule has 1 aromatic heterocycles. The zero-order valence-electron chi connectivity index (χ0n) is 11.6. The van der Waals surface area contributed by atoms with Crippen molar-refractivity contribution in [1.82, 2.24) is 0 Å². The van der Waals surface area contributed by atoms with Crippen LogP contribution in [0.4, 0.5) is 0 Å². The van der Waals surface area contributed by atoms with Crippen LogP contribution in [-0.4, -0.2) is 24.1 Å². The normalized spacial score (nSPS) is 11.3. The predicted molar refractivity (Wildman–Crippen MR) is 75.2 cm³/mol. The van der Waals surface area contributed by atoms with Crippen LogP contribution in [-0.2, 0) is 9.47 Å². The molecule has 0 unspecified atom stereocenters. The Hall–Kier alpha value is -1.07. The number of thiophene rings is 1. The van der Waals surface area contributed by atoms with Crippen LogP contribution in [0.15, 0.2) is 0 Å². The van der Waals surface area contributed by atoms with Crippen molar-refractivity contribution in [3.8, 4) is 0 Å². The highest BCUT2D eigenvalue weighted by molar-refractivity contribution is 7.18. The molecule has 0 aliphatic carbocycles. The van der Waals surface area contributed by atoms with Gasteiger partial charge in [0.05, 0.1) is 12.2 Å². The van der Waals surface area contributed by atoms with Crippen LogP contribution in [0.2, 0.25) is 4.34 Å². The van der Waals surface area contributed by atoms with Crippen molar-refractivity contribution in [2.75, 3.05) is 6.61 Å². The van der Waals surface area contributed by atoms with Gasteiger partial charge in [0.25, 0.3) is 0 Å². The summed E-state index contributed by atoms with van der Waals surface area (Å²) in [6.07, 6.45) is 0. The average Bonchev–Trinajstić information content (AvgIpc) is 2.52. The van der Waals surface area contributed by atoms with Crippen molar-refractivity contribution in [2.45, 2.75) is 40.2 Å². The van der Waals surface area contributed by atoms with E-state index < -0.39 is 17.5 Å². The van der Waals surface area contributed by atoms with Gasteiger partial charge in [-0.3, -0.25) is 0 Å². The highest BCUT2D eigenvalue weighted by atomic mass is 35.5. The average molecular weight is 305 g/mol. The molecule has 0 radical (unpaired) electrons. The first-order chi connectivity index (χ1) is 8.67. The second kappa shape index (κ2) is 5.92. The lowest BCUT2D eigenvalue weighted by molar-refractivity contribution is 0.00745. The fourth-order valence-corrected chi connectivity index (χ4v) is 2.78. The van der Waals surface area contributed by atoms with Gasteiger partial charge in [0.1, 0.15) is 14.8 Å². The third kappa shape index (κ3) is 3.94. The first-order valence-corrected chi connectivity index (χ1v) is 7.06. The summed E-state index contributed by atoms with van der Waals surface area (Å²) in [5.74, 6) is -0.997. The number of carbonyl (C=O) groups excluding carboxylic acids is 2. The van der Waals surface area contributed by atoms with Gasteiger partial charge in [0.2, 0.25) is 0 Å².